The standard InChI is InChI=1S/C18H19BrO2/c1-18(2,3)21-17(20)12-13-8-10-14(11-9-13)15-6-4-5-7-16(15)19/h4-11H,12H2,1-3H3. The molecule has 0 saturated heterocycles. The summed E-state index contributed by atoms with van der Waals surface area (Å²) in [4.78, 5) is 11.8. The summed E-state index contributed by atoms with van der Waals surface area (Å²) < 4.78 is 6.39. The van der Waals surface area contributed by atoms with Crippen molar-refractivity contribution in [3.8, 4) is 11.1 Å². The Hall–Kier alpha value is -1.61. The van der Waals surface area contributed by atoms with Crippen LogP contribution in [0.1, 0.15) is 26.3 Å². The summed E-state index contributed by atoms with van der Waals surface area (Å²) in [5.41, 5.74) is 2.78. The molecule has 0 saturated carbocycles. The van der Waals surface area contributed by atoms with E-state index in [0.29, 0.717) is 6.42 Å². The van der Waals surface area contributed by atoms with Gasteiger partial charge in [-0.15, -0.1) is 0 Å². The van der Waals surface area contributed by atoms with Crippen LogP contribution in [-0.4, -0.2) is 11.6 Å². The zero-order valence-electron chi connectivity index (χ0n) is 12.5. The zero-order chi connectivity index (χ0) is 15.5. The lowest BCUT2D eigenvalue weighted by Crippen LogP contribution is -2.24. The average molecular weight is 347 g/mol. The van der Waals surface area contributed by atoms with Gasteiger partial charge in [0.15, 0.2) is 0 Å². The maximum Gasteiger partial charge on any atom is 0.310 e. The van der Waals surface area contributed by atoms with Crippen LogP contribution in [0.15, 0.2) is 53.0 Å². The van der Waals surface area contributed by atoms with Gasteiger partial charge < -0.3 is 4.74 Å². The molecule has 0 aliphatic carbocycles. The first-order valence-corrected chi connectivity index (χ1v) is 7.70. The largest absolute Gasteiger partial charge is 0.460 e. The van der Waals surface area contributed by atoms with Gasteiger partial charge in [-0.2, -0.15) is 0 Å². The minimum Gasteiger partial charge on any atom is -0.460 e. The van der Waals surface area contributed by atoms with E-state index in [9.17, 15) is 4.79 Å². The predicted octanol–water partition coefficient (Wildman–Crippen LogP) is 5.00. The van der Waals surface area contributed by atoms with E-state index in [1.807, 2.05) is 63.2 Å². The summed E-state index contributed by atoms with van der Waals surface area (Å²) in [6.07, 6.45) is 0.299. The average Bonchev–Trinajstić information content (AvgIpc) is 2.38. The minimum atomic E-state index is -0.439. The Bertz CT molecular complexity index is 624. The van der Waals surface area contributed by atoms with E-state index in [0.717, 1.165) is 21.2 Å². The molecule has 2 aromatic carbocycles. The smallest absolute Gasteiger partial charge is 0.310 e. The predicted molar refractivity (Wildman–Crippen MR) is 89.1 cm³/mol. The summed E-state index contributed by atoms with van der Waals surface area (Å²) in [7, 11) is 0. The van der Waals surface area contributed by atoms with Crippen LogP contribution >= 0.6 is 15.9 Å². The van der Waals surface area contributed by atoms with Crippen molar-refractivity contribution >= 4 is 21.9 Å². The SMILES string of the molecule is CC(C)(C)OC(=O)Cc1ccc(-c2ccccc2Br)cc1. The zero-order valence-corrected chi connectivity index (χ0v) is 14.1. The molecule has 0 aliphatic rings. The van der Waals surface area contributed by atoms with Gasteiger partial charge in [-0.25, -0.2) is 0 Å². The molecule has 2 aromatic rings. The van der Waals surface area contributed by atoms with Crippen molar-refractivity contribution in [1.29, 1.82) is 0 Å². The fraction of sp³-hybridized carbons (Fsp3) is 0.278. The second-order valence-electron chi connectivity index (χ2n) is 5.94. The van der Waals surface area contributed by atoms with Crippen molar-refractivity contribution in [2.45, 2.75) is 32.8 Å². The molecule has 0 heterocycles. The molecule has 0 spiro atoms. The number of halogens is 1. The maximum absolute atomic E-state index is 11.8. The van der Waals surface area contributed by atoms with Crippen LogP contribution in [0.5, 0.6) is 0 Å². The van der Waals surface area contributed by atoms with Gasteiger partial charge in [-0.3, -0.25) is 4.79 Å². The van der Waals surface area contributed by atoms with E-state index < -0.39 is 5.60 Å². The maximum atomic E-state index is 11.8. The van der Waals surface area contributed by atoms with Gasteiger partial charge >= 0.3 is 5.97 Å². The lowest BCUT2D eigenvalue weighted by Gasteiger charge is -2.19. The van der Waals surface area contributed by atoms with Crippen LogP contribution in [0.4, 0.5) is 0 Å². The fourth-order valence-corrected chi connectivity index (χ4v) is 2.56. The molecule has 110 valence electrons. The molecule has 0 aliphatic heterocycles. The highest BCUT2D eigenvalue weighted by Crippen LogP contribution is 2.28. The van der Waals surface area contributed by atoms with Gasteiger partial charge in [0.05, 0.1) is 6.42 Å². The highest BCUT2D eigenvalue weighted by Gasteiger charge is 2.16. The molecule has 3 heteroatoms. The Morgan fingerprint density at radius 3 is 2.24 bits per heavy atom. The Kier molecular flexibility index (Phi) is 4.84. The van der Waals surface area contributed by atoms with Crippen molar-refractivity contribution in [1.82, 2.24) is 0 Å². The molecule has 2 nitrogen and oxygen atoms in total. The molecule has 0 unspecified atom stereocenters. The normalized spacial score (nSPS) is 11.2. The summed E-state index contributed by atoms with van der Waals surface area (Å²) in [5, 5.41) is 0. The van der Waals surface area contributed by atoms with Crippen molar-refractivity contribution in [2.24, 2.45) is 0 Å². The molecule has 0 amide bonds. The van der Waals surface area contributed by atoms with E-state index in [2.05, 4.69) is 22.0 Å². The second kappa shape index (κ2) is 6.44. The Morgan fingerprint density at radius 2 is 1.67 bits per heavy atom. The number of benzene rings is 2. The third-order valence-electron chi connectivity index (χ3n) is 2.91. The number of hydrogen-bond acceptors (Lipinski definition) is 2. The van der Waals surface area contributed by atoms with Gasteiger partial charge in [-0.1, -0.05) is 58.4 Å². The van der Waals surface area contributed by atoms with Crippen LogP contribution < -0.4 is 0 Å². The number of ether oxygens (including phenoxy) is 1. The monoisotopic (exact) mass is 346 g/mol. The van der Waals surface area contributed by atoms with Crippen molar-refractivity contribution in [3.05, 3.63) is 58.6 Å². The van der Waals surface area contributed by atoms with E-state index in [1.165, 1.54) is 0 Å². The Labute approximate surface area is 134 Å². The third-order valence-corrected chi connectivity index (χ3v) is 3.60. The fourth-order valence-electron chi connectivity index (χ4n) is 2.04. The molecule has 0 bridgehead atoms. The van der Waals surface area contributed by atoms with Crippen LogP contribution in [0, 0.1) is 0 Å². The van der Waals surface area contributed by atoms with Gasteiger partial charge in [-0.05, 0) is 43.5 Å². The molecule has 0 aromatic heterocycles. The third kappa shape index (κ3) is 4.71. The molecule has 0 fully saturated rings. The number of esters is 1. The van der Waals surface area contributed by atoms with Crippen LogP contribution in [-0.2, 0) is 16.0 Å². The summed E-state index contributed by atoms with van der Waals surface area (Å²) >= 11 is 3.55. The van der Waals surface area contributed by atoms with E-state index >= 15 is 0 Å². The molecule has 2 rings (SSSR count). The lowest BCUT2D eigenvalue weighted by atomic mass is 10.0. The number of hydrogen-bond donors (Lipinski definition) is 0. The van der Waals surface area contributed by atoms with Crippen molar-refractivity contribution in [3.63, 3.8) is 0 Å². The van der Waals surface area contributed by atoms with Crippen LogP contribution in [0.3, 0.4) is 0 Å². The minimum absolute atomic E-state index is 0.198. The first-order chi connectivity index (χ1) is 9.85. The van der Waals surface area contributed by atoms with Gasteiger partial charge in [0.2, 0.25) is 0 Å². The molecule has 0 atom stereocenters. The summed E-state index contributed by atoms with van der Waals surface area (Å²) in [6.45, 7) is 5.63. The van der Waals surface area contributed by atoms with Gasteiger partial charge in [0.1, 0.15) is 5.60 Å². The number of carbonyl (C=O) groups excluding carboxylic acids is 1. The van der Waals surface area contributed by atoms with Crippen LogP contribution in [0.25, 0.3) is 11.1 Å². The lowest BCUT2D eigenvalue weighted by molar-refractivity contribution is -0.153. The topological polar surface area (TPSA) is 26.3 Å². The highest BCUT2D eigenvalue weighted by molar-refractivity contribution is 9.10. The Balaban J connectivity index is 2.10. The first-order valence-electron chi connectivity index (χ1n) is 6.91. The highest BCUT2D eigenvalue weighted by atomic mass is 79.9. The second-order valence-corrected chi connectivity index (χ2v) is 6.79. The molecular formula is C18H19BrO2. The quantitative estimate of drug-likeness (QED) is 0.731. The van der Waals surface area contributed by atoms with Crippen molar-refractivity contribution < 1.29 is 9.53 Å². The van der Waals surface area contributed by atoms with E-state index in [1.54, 1.807) is 0 Å². The molecule has 0 radical (unpaired) electrons. The van der Waals surface area contributed by atoms with Crippen molar-refractivity contribution in [2.75, 3.05) is 0 Å². The summed E-state index contributed by atoms with van der Waals surface area (Å²) in [5.74, 6) is -0.198. The number of carbonyl (C=O) groups is 1. The van der Waals surface area contributed by atoms with E-state index in [-0.39, 0.29) is 5.97 Å². The van der Waals surface area contributed by atoms with Crippen LogP contribution in [0.2, 0.25) is 0 Å². The van der Waals surface area contributed by atoms with E-state index in [4.69, 9.17) is 4.74 Å². The van der Waals surface area contributed by atoms with Gasteiger partial charge in [0.25, 0.3) is 0 Å². The van der Waals surface area contributed by atoms with Gasteiger partial charge in [0, 0.05) is 4.47 Å². The summed E-state index contributed by atoms with van der Waals surface area (Å²) in [6, 6.07) is 16.1. The Morgan fingerprint density at radius 1 is 1.05 bits per heavy atom. The first kappa shape index (κ1) is 15.8. The molecular weight excluding hydrogens is 328 g/mol. The molecule has 0 N–H and O–H groups in total. The number of rotatable bonds is 3. The molecule has 21 heavy (non-hydrogen) atoms.